The Morgan fingerprint density at radius 3 is 3.00 bits per heavy atom. The van der Waals surface area contributed by atoms with Gasteiger partial charge in [0.2, 0.25) is 0 Å². The number of allylic oxidation sites excluding steroid dienone is 3. The fourth-order valence-corrected chi connectivity index (χ4v) is 2.35. The Balaban J connectivity index is 2.08. The molecule has 0 radical (unpaired) electrons. The average molecular weight is 222 g/mol. The van der Waals surface area contributed by atoms with Crippen LogP contribution < -0.4 is 0 Å². The minimum Gasteiger partial charge on any atom is -0.292 e. The predicted molar refractivity (Wildman–Crippen MR) is 62.5 cm³/mol. The fraction of sp³-hybridized carbons (Fsp3) is 0.0833. The summed E-state index contributed by atoms with van der Waals surface area (Å²) in [5.74, 6) is 0.0142. The van der Waals surface area contributed by atoms with Crippen molar-refractivity contribution in [3.8, 4) is 0 Å². The van der Waals surface area contributed by atoms with E-state index in [4.69, 9.17) is 0 Å². The summed E-state index contributed by atoms with van der Waals surface area (Å²) < 4.78 is 0. The van der Waals surface area contributed by atoms with Gasteiger partial charge in [0.1, 0.15) is 17.7 Å². The van der Waals surface area contributed by atoms with Crippen LogP contribution in [-0.4, -0.2) is 27.8 Å². The van der Waals surface area contributed by atoms with Crippen molar-refractivity contribution in [3.05, 3.63) is 35.1 Å². The minimum absolute atomic E-state index is 0.0142. The molecular weight excluding hydrogens is 216 g/mol. The van der Waals surface area contributed by atoms with Crippen molar-refractivity contribution in [1.82, 2.24) is 9.97 Å². The van der Waals surface area contributed by atoms with Gasteiger partial charge in [-0.05, 0) is 11.6 Å². The normalized spacial score (nSPS) is 19.9. The molecule has 80 valence electrons. The first-order chi connectivity index (χ1) is 8.34. The highest BCUT2D eigenvalue weighted by atomic mass is 16.1. The third-order valence-corrected chi connectivity index (χ3v) is 3.05. The van der Waals surface area contributed by atoms with Gasteiger partial charge in [0.25, 0.3) is 0 Å². The Bertz CT molecular complexity index is 694. The molecule has 0 unspecified atom stereocenters. The van der Waals surface area contributed by atoms with Crippen LogP contribution in [0.2, 0.25) is 0 Å². The molecule has 0 saturated carbocycles. The first kappa shape index (κ1) is 8.69. The molecule has 0 amide bonds. The topological polar surface area (TPSA) is 67.6 Å². The van der Waals surface area contributed by atoms with Gasteiger partial charge in [-0.15, -0.1) is 0 Å². The molecule has 17 heavy (non-hydrogen) atoms. The summed E-state index contributed by atoms with van der Waals surface area (Å²) in [7, 11) is 0. The SMILES string of the molecule is O=C1CC2=Cc3nccnc3C2=C2N=CN=C12. The van der Waals surface area contributed by atoms with Crippen molar-refractivity contribution >= 4 is 29.5 Å². The van der Waals surface area contributed by atoms with Crippen LogP contribution in [0.25, 0.3) is 11.6 Å². The van der Waals surface area contributed by atoms with E-state index < -0.39 is 0 Å². The predicted octanol–water partition coefficient (Wildman–Crippen LogP) is 1.04. The lowest BCUT2D eigenvalue weighted by Gasteiger charge is -2.14. The second kappa shape index (κ2) is 2.82. The van der Waals surface area contributed by atoms with Crippen LogP contribution in [0, 0.1) is 0 Å². The number of rotatable bonds is 0. The molecule has 1 aromatic rings. The number of carbonyl (C=O) groups excluding carboxylic acids is 1. The number of Topliss-reactive ketones (excluding diaryl/α,β-unsaturated/α-hetero) is 1. The van der Waals surface area contributed by atoms with Crippen LogP contribution in [0.15, 0.2) is 33.6 Å². The monoisotopic (exact) mass is 222 g/mol. The van der Waals surface area contributed by atoms with E-state index >= 15 is 0 Å². The van der Waals surface area contributed by atoms with E-state index in [0.29, 0.717) is 17.8 Å². The quantitative estimate of drug-likeness (QED) is 0.658. The maximum atomic E-state index is 11.8. The summed E-state index contributed by atoms with van der Waals surface area (Å²) in [4.78, 5) is 28.6. The van der Waals surface area contributed by atoms with Gasteiger partial charge in [-0.25, -0.2) is 9.98 Å². The Kier molecular flexibility index (Phi) is 1.44. The Labute approximate surface area is 96.3 Å². The lowest BCUT2D eigenvalue weighted by molar-refractivity contribution is -0.112. The van der Waals surface area contributed by atoms with Gasteiger partial charge in [0.15, 0.2) is 5.78 Å². The Hall–Kier alpha value is -2.43. The molecule has 2 heterocycles. The largest absolute Gasteiger partial charge is 0.292 e. The molecule has 0 atom stereocenters. The molecule has 2 aliphatic carbocycles. The van der Waals surface area contributed by atoms with Crippen molar-refractivity contribution in [1.29, 1.82) is 0 Å². The van der Waals surface area contributed by atoms with Crippen molar-refractivity contribution in [2.75, 3.05) is 0 Å². The van der Waals surface area contributed by atoms with Crippen LogP contribution in [0.5, 0.6) is 0 Å². The molecule has 0 fully saturated rings. The highest BCUT2D eigenvalue weighted by Gasteiger charge is 2.35. The molecule has 0 bridgehead atoms. The van der Waals surface area contributed by atoms with E-state index in [-0.39, 0.29) is 5.78 Å². The standard InChI is InChI=1S/C12H6N4O/c17-8-4-6-3-7-10(14-2-1-13-7)9(6)12-11(8)15-5-16-12/h1-3,5H,4H2. The zero-order valence-electron chi connectivity index (χ0n) is 8.71. The number of aromatic nitrogens is 2. The first-order valence-electron chi connectivity index (χ1n) is 5.25. The molecule has 1 aromatic heterocycles. The third kappa shape index (κ3) is 1.00. The molecular formula is C12H6N4O. The first-order valence-corrected chi connectivity index (χ1v) is 5.25. The van der Waals surface area contributed by atoms with E-state index in [1.54, 1.807) is 12.4 Å². The number of carbonyl (C=O) groups is 1. The zero-order chi connectivity index (χ0) is 11.4. The Morgan fingerprint density at radius 1 is 1.18 bits per heavy atom. The molecule has 0 aromatic carbocycles. The molecule has 3 aliphatic rings. The van der Waals surface area contributed by atoms with E-state index in [1.807, 2.05) is 6.08 Å². The van der Waals surface area contributed by atoms with Gasteiger partial charge in [0, 0.05) is 24.4 Å². The van der Waals surface area contributed by atoms with Crippen LogP contribution >= 0.6 is 0 Å². The van der Waals surface area contributed by atoms with Crippen molar-refractivity contribution in [2.24, 2.45) is 9.98 Å². The van der Waals surface area contributed by atoms with Gasteiger partial charge in [-0.1, -0.05) is 0 Å². The van der Waals surface area contributed by atoms with E-state index in [9.17, 15) is 4.79 Å². The van der Waals surface area contributed by atoms with Crippen LogP contribution in [0.3, 0.4) is 0 Å². The molecule has 0 saturated heterocycles. The van der Waals surface area contributed by atoms with Gasteiger partial charge >= 0.3 is 0 Å². The lowest BCUT2D eigenvalue weighted by Crippen LogP contribution is -2.20. The molecule has 0 spiro atoms. The fourth-order valence-electron chi connectivity index (χ4n) is 2.35. The van der Waals surface area contributed by atoms with Crippen LogP contribution in [0.1, 0.15) is 17.8 Å². The maximum Gasteiger partial charge on any atom is 0.187 e. The smallest absolute Gasteiger partial charge is 0.187 e. The summed E-state index contributed by atoms with van der Waals surface area (Å²) in [6, 6.07) is 0. The van der Waals surface area contributed by atoms with Gasteiger partial charge < -0.3 is 0 Å². The number of fused-ring (bicyclic) bond motifs is 4. The zero-order valence-corrected chi connectivity index (χ0v) is 8.71. The van der Waals surface area contributed by atoms with Gasteiger partial charge in [0.05, 0.1) is 11.4 Å². The molecule has 0 N–H and O–H groups in total. The number of aliphatic imine (C=N–C) groups is 2. The summed E-state index contributed by atoms with van der Waals surface area (Å²) >= 11 is 0. The van der Waals surface area contributed by atoms with Crippen LogP contribution in [-0.2, 0) is 4.79 Å². The number of nitrogens with zero attached hydrogens (tertiary/aromatic N) is 4. The molecule has 5 nitrogen and oxygen atoms in total. The lowest BCUT2D eigenvalue weighted by atomic mass is 9.90. The van der Waals surface area contributed by atoms with E-state index in [2.05, 4.69) is 20.0 Å². The highest BCUT2D eigenvalue weighted by molar-refractivity contribution is 6.52. The summed E-state index contributed by atoms with van der Waals surface area (Å²) in [6.45, 7) is 0. The number of hydrogen-bond donors (Lipinski definition) is 0. The van der Waals surface area contributed by atoms with Crippen molar-refractivity contribution < 1.29 is 4.79 Å². The second-order valence-corrected chi connectivity index (χ2v) is 4.01. The highest BCUT2D eigenvalue weighted by Crippen LogP contribution is 2.41. The molecule has 4 rings (SSSR count). The second-order valence-electron chi connectivity index (χ2n) is 4.01. The Morgan fingerprint density at radius 2 is 2.06 bits per heavy atom. The number of hydrogen-bond acceptors (Lipinski definition) is 5. The molecule has 5 heteroatoms. The summed E-state index contributed by atoms with van der Waals surface area (Å²) in [5.41, 5.74) is 4.57. The summed E-state index contributed by atoms with van der Waals surface area (Å²) in [6.07, 6.45) is 6.99. The number of ketones is 1. The summed E-state index contributed by atoms with van der Waals surface area (Å²) in [5, 5.41) is 0. The van der Waals surface area contributed by atoms with Crippen molar-refractivity contribution in [3.63, 3.8) is 0 Å². The third-order valence-electron chi connectivity index (χ3n) is 3.05. The average Bonchev–Trinajstić information content (AvgIpc) is 2.90. The van der Waals surface area contributed by atoms with Gasteiger partial charge in [-0.3, -0.25) is 14.8 Å². The minimum atomic E-state index is 0.0142. The van der Waals surface area contributed by atoms with Gasteiger partial charge in [-0.2, -0.15) is 0 Å². The maximum absolute atomic E-state index is 11.8. The van der Waals surface area contributed by atoms with E-state index in [1.165, 1.54) is 6.34 Å². The van der Waals surface area contributed by atoms with Crippen molar-refractivity contribution in [2.45, 2.75) is 6.42 Å². The van der Waals surface area contributed by atoms with Crippen LogP contribution in [0.4, 0.5) is 0 Å². The van der Waals surface area contributed by atoms with E-state index in [0.717, 1.165) is 22.5 Å². The molecule has 1 aliphatic heterocycles.